The lowest BCUT2D eigenvalue weighted by Gasteiger charge is -2.43. The molecule has 1 unspecified atom stereocenters. The largest absolute Gasteiger partial charge is 0.376 e. The number of likely N-dealkylation sites (tertiary alicyclic amines) is 1. The third kappa shape index (κ3) is 4.11. The zero-order valence-electron chi connectivity index (χ0n) is 18.2. The van der Waals surface area contributed by atoms with Crippen molar-refractivity contribution in [2.24, 2.45) is 7.05 Å². The Kier molecular flexibility index (Phi) is 5.53. The number of carbonyl (C=O) groups excluding carboxylic acids is 1. The van der Waals surface area contributed by atoms with E-state index in [1.54, 1.807) is 4.68 Å². The van der Waals surface area contributed by atoms with Gasteiger partial charge >= 0.3 is 0 Å². The van der Waals surface area contributed by atoms with Gasteiger partial charge < -0.3 is 19.1 Å². The second kappa shape index (κ2) is 8.33. The average molecular weight is 431 g/mol. The van der Waals surface area contributed by atoms with Gasteiger partial charge in [0.05, 0.1) is 43.8 Å². The van der Waals surface area contributed by atoms with Crippen LogP contribution >= 0.6 is 0 Å². The first-order valence-corrected chi connectivity index (χ1v) is 11.1. The van der Waals surface area contributed by atoms with E-state index in [1.165, 1.54) is 0 Å². The lowest BCUT2D eigenvalue weighted by atomic mass is 9.89. The topological polar surface area (TPSA) is 96.5 Å². The Morgan fingerprint density at radius 3 is 2.90 bits per heavy atom. The SMILES string of the molecule is Cc1cc(C(=O)N2CCC3(CC2)Cn2nnc(COCC4CCCO4)c2CO3)nn1C. The number of amides is 1. The molecule has 3 aliphatic heterocycles. The van der Waals surface area contributed by atoms with Crippen LogP contribution in [0.2, 0.25) is 0 Å². The first-order chi connectivity index (χ1) is 15.0. The molecule has 2 aromatic rings. The van der Waals surface area contributed by atoms with Gasteiger partial charge in [0.1, 0.15) is 5.69 Å². The van der Waals surface area contributed by atoms with Gasteiger partial charge in [-0.1, -0.05) is 5.21 Å². The summed E-state index contributed by atoms with van der Waals surface area (Å²) in [5.74, 6) is -0.0125. The molecule has 1 spiro atoms. The summed E-state index contributed by atoms with van der Waals surface area (Å²) < 4.78 is 21.4. The van der Waals surface area contributed by atoms with Crippen molar-refractivity contribution in [3.63, 3.8) is 0 Å². The molecule has 10 nitrogen and oxygen atoms in total. The zero-order valence-corrected chi connectivity index (χ0v) is 18.2. The molecule has 5 heterocycles. The minimum atomic E-state index is -0.298. The molecule has 10 heteroatoms. The summed E-state index contributed by atoms with van der Waals surface area (Å²) in [6.07, 6.45) is 3.91. The molecule has 0 aliphatic carbocycles. The first-order valence-electron chi connectivity index (χ1n) is 11.1. The molecule has 31 heavy (non-hydrogen) atoms. The average Bonchev–Trinajstić information content (AvgIpc) is 3.50. The summed E-state index contributed by atoms with van der Waals surface area (Å²) in [5, 5.41) is 13.0. The van der Waals surface area contributed by atoms with Gasteiger partial charge in [-0.15, -0.1) is 5.10 Å². The number of fused-ring (bicyclic) bond motifs is 1. The van der Waals surface area contributed by atoms with Crippen molar-refractivity contribution in [3.05, 3.63) is 28.8 Å². The number of aromatic nitrogens is 5. The van der Waals surface area contributed by atoms with Gasteiger partial charge in [-0.3, -0.25) is 9.48 Å². The maximum Gasteiger partial charge on any atom is 0.274 e. The summed E-state index contributed by atoms with van der Waals surface area (Å²) in [7, 11) is 1.85. The zero-order chi connectivity index (χ0) is 21.4. The first kappa shape index (κ1) is 20.6. The quantitative estimate of drug-likeness (QED) is 0.704. The number of ether oxygens (including phenoxy) is 3. The molecule has 2 saturated heterocycles. The fourth-order valence-electron chi connectivity index (χ4n) is 4.62. The third-order valence-electron chi connectivity index (χ3n) is 6.73. The normalized spacial score (nSPS) is 22.8. The molecular weight excluding hydrogens is 400 g/mol. The van der Waals surface area contributed by atoms with Crippen molar-refractivity contribution in [2.75, 3.05) is 26.3 Å². The van der Waals surface area contributed by atoms with E-state index in [-0.39, 0.29) is 17.6 Å². The van der Waals surface area contributed by atoms with Crippen LogP contribution in [0.15, 0.2) is 6.07 Å². The highest BCUT2D eigenvalue weighted by Gasteiger charge is 2.41. The van der Waals surface area contributed by atoms with E-state index in [0.29, 0.717) is 45.1 Å². The van der Waals surface area contributed by atoms with Crippen LogP contribution in [-0.2, 0) is 41.0 Å². The minimum Gasteiger partial charge on any atom is -0.376 e. The smallest absolute Gasteiger partial charge is 0.274 e. The maximum absolute atomic E-state index is 12.8. The van der Waals surface area contributed by atoms with Crippen LogP contribution in [0.5, 0.6) is 0 Å². The Morgan fingerprint density at radius 1 is 1.35 bits per heavy atom. The van der Waals surface area contributed by atoms with E-state index < -0.39 is 0 Å². The molecule has 3 aliphatic rings. The molecule has 0 bridgehead atoms. The summed E-state index contributed by atoms with van der Waals surface area (Å²) in [4.78, 5) is 14.7. The van der Waals surface area contributed by atoms with Crippen molar-refractivity contribution in [1.29, 1.82) is 0 Å². The fraction of sp³-hybridized carbons (Fsp3) is 0.714. The standard InChI is InChI=1S/C21H30N6O4/c1-15-10-17(23-25(15)2)20(28)26-7-5-21(6-8-26)14-27-19(13-31-21)18(22-24-27)12-29-11-16-4-3-9-30-16/h10,16H,3-9,11-14H2,1-2H3. The molecule has 1 atom stereocenters. The number of aryl methyl sites for hydroxylation is 2. The lowest BCUT2D eigenvalue weighted by Crippen LogP contribution is -2.52. The van der Waals surface area contributed by atoms with Crippen LogP contribution in [0.25, 0.3) is 0 Å². The highest BCUT2D eigenvalue weighted by Crippen LogP contribution is 2.34. The van der Waals surface area contributed by atoms with E-state index in [9.17, 15) is 4.79 Å². The highest BCUT2D eigenvalue weighted by molar-refractivity contribution is 5.92. The second-order valence-corrected chi connectivity index (χ2v) is 8.85. The van der Waals surface area contributed by atoms with Crippen LogP contribution in [0.3, 0.4) is 0 Å². The van der Waals surface area contributed by atoms with Gasteiger partial charge in [0.15, 0.2) is 5.69 Å². The van der Waals surface area contributed by atoms with Crippen LogP contribution in [0.1, 0.15) is 53.3 Å². The van der Waals surface area contributed by atoms with Gasteiger partial charge in [0.2, 0.25) is 0 Å². The maximum atomic E-state index is 12.8. The molecule has 0 saturated carbocycles. The van der Waals surface area contributed by atoms with Crippen molar-refractivity contribution >= 4 is 5.91 Å². The van der Waals surface area contributed by atoms with Gasteiger partial charge in [0.25, 0.3) is 5.91 Å². The molecule has 168 valence electrons. The van der Waals surface area contributed by atoms with E-state index in [1.807, 2.05) is 29.6 Å². The van der Waals surface area contributed by atoms with Gasteiger partial charge in [-0.25, -0.2) is 4.68 Å². The molecule has 0 N–H and O–H groups in total. The molecule has 0 radical (unpaired) electrons. The molecule has 0 aromatic carbocycles. The predicted octanol–water partition coefficient (Wildman–Crippen LogP) is 1.22. The van der Waals surface area contributed by atoms with Gasteiger partial charge in [0, 0.05) is 32.4 Å². The summed E-state index contributed by atoms with van der Waals surface area (Å²) in [5.41, 5.74) is 3.01. The van der Waals surface area contributed by atoms with Crippen LogP contribution < -0.4 is 0 Å². The van der Waals surface area contributed by atoms with E-state index in [2.05, 4.69) is 15.4 Å². The predicted molar refractivity (Wildman–Crippen MR) is 109 cm³/mol. The Labute approximate surface area is 181 Å². The third-order valence-corrected chi connectivity index (χ3v) is 6.73. The fourth-order valence-corrected chi connectivity index (χ4v) is 4.62. The summed E-state index contributed by atoms with van der Waals surface area (Å²) in [6.45, 7) is 6.23. The summed E-state index contributed by atoms with van der Waals surface area (Å²) in [6, 6.07) is 1.84. The van der Waals surface area contributed by atoms with Crippen LogP contribution in [0.4, 0.5) is 0 Å². The lowest BCUT2D eigenvalue weighted by molar-refractivity contribution is -0.120. The van der Waals surface area contributed by atoms with Crippen LogP contribution in [-0.4, -0.2) is 73.6 Å². The number of hydrogen-bond donors (Lipinski definition) is 0. The Bertz CT molecular complexity index is 920. The molecule has 5 rings (SSSR count). The number of hydrogen-bond acceptors (Lipinski definition) is 7. The molecule has 1 amide bonds. The number of carbonyl (C=O) groups is 1. The van der Waals surface area contributed by atoms with E-state index in [4.69, 9.17) is 14.2 Å². The molecular formula is C21H30N6O4. The Morgan fingerprint density at radius 2 is 2.19 bits per heavy atom. The number of piperidine rings is 1. The minimum absolute atomic E-state index is 0.0125. The molecule has 2 aromatic heterocycles. The van der Waals surface area contributed by atoms with E-state index >= 15 is 0 Å². The van der Waals surface area contributed by atoms with Crippen molar-refractivity contribution in [3.8, 4) is 0 Å². The van der Waals surface area contributed by atoms with Crippen molar-refractivity contribution < 1.29 is 19.0 Å². The Hall–Kier alpha value is -2.30. The monoisotopic (exact) mass is 430 g/mol. The Balaban J connectivity index is 1.16. The van der Waals surface area contributed by atoms with Gasteiger partial charge in [-0.05, 0) is 38.7 Å². The van der Waals surface area contributed by atoms with Gasteiger partial charge in [-0.2, -0.15) is 5.10 Å². The summed E-state index contributed by atoms with van der Waals surface area (Å²) >= 11 is 0. The number of rotatable bonds is 5. The van der Waals surface area contributed by atoms with Crippen molar-refractivity contribution in [2.45, 2.75) is 64.1 Å². The van der Waals surface area contributed by atoms with Crippen molar-refractivity contribution in [1.82, 2.24) is 29.7 Å². The van der Waals surface area contributed by atoms with Crippen LogP contribution in [0, 0.1) is 6.92 Å². The van der Waals surface area contributed by atoms with E-state index in [0.717, 1.165) is 49.4 Å². The molecule has 2 fully saturated rings. The highest BCUT2D eigenvalue weighted by atomic mass is 16.5. The second-order valence-electron chi connectivity index (χ2n) is 8.85. The number of nitrogens with zero attached hydrogens (tertiary/aromatic N) is 6.